The summed E-state index contributed by atoms with van der Waals surface area (Å²) in [5.74, 6) is 0. The molecule has 0 atom stereocenters. The Morgan fingerprint density at radius 2 is 1.86 bits per heavy atom. The van der Waals surface area contributed by atoms with Crippen molar-refractivity contribution in [2.75, 3.05) is 0 Å². The van der Waals surface area contributed by atoms with Crippen LogP contribution >= 0.6 is 15.9 Å². The molecule has 0 radical (unpaired) electrons. The summed E-state index contributed by atoms with van der Waals surface area (Å²) in [6.07, 6.45) is 3.23. The summed E-state index contributed by atoms with van der Waals surface area (Å²) in [4.78, 5) is 15.8. The molecular formula is C14H10BrN5O. The maximum atomic E-state index is 11.9. The molecule has 0 unspecified atom stereocenters. The molecule has 0 aliphatic heterocycles. The smallest absolute Gasteiger partial charge is 0.292 e. The van der Waals surface area contributed by atoms with Crippen LogP contribution < -0.4 is 5.56 Å². The minimum Gasteiger partial charge on any atom is -0.295 e. The van der Waals surface area contributed by atoms with Gasteiger partial charge in [-0.2, -0.15) is 5.11 Å². The normalized spacial score (nSPS) is 11.1. The van der Waals surface area contributed by atoms with E-state index in [9.17, 15) is 4.79 Å². The number of nitrogens with zero attached hydrogens (tertiary/aromatic N) is 3. The molecule has 0 saturated heterocycles. The molecule has 21 heavy (non-hydrogen) atoms. The molecule has 6 nitrogen and oxygen atoms in total. The fourth-order valence-electron chi connectivity index (χ4n) is 1.82. The Bertz CT molecular complexity index is 838. The zero-order valence-corrected chi connectivity index (χ0v) is 12.3. The molecule has 7 heteroatoms. The van der Waals surface area contributed by atoms with Crippen molar-refractivity contribution in [1.29, 1.82) is 0 Å². The number of azo groups is 1. The zero-order chi connectivity index (χ0) is 14.7. The maximum Gasteiger partial charge on any atom is 0.292 e. The van der Waals surface area contributed by atoms with Crippen molar-refractivity contribution in [3.63, 3.8) is 0 Å². The lowest BCUT2D eigenvalue weighted by molar-refractivity contribution is 1.06. The van der Waals surface area contributed by atoms with Gasteiger partial charge in [-0.3, -0.25) is 20.0 Å². The highest BCUT2D eigenvalue weighted by atomic mass is 79.9. The molecule has 2 N–H and O–H groups in total. The summed E-state index contributed by atoms with van der Waals surface area (Å²) in [5.41, 5.74) is 1.99. The van der Waals surface area contributed by atoms with Crippen LogP contribution in [0.1, 0.15) is 0 Å². The topological polar surface area (TPSA) is 86.3 Å². The van der Waals surface area contributed by atoms with Gasteiger partial charge < -0.3 is 0 Å². The van der Waals surface area contributed by atoms with E-state index in [0.29, 0.717) is 11.4 Å². The molecule has 0 saturated carbocycles. The number of aromatic nitrogens is 3. The number of hydrogen-bond acceptors (Lipinski definition) is 4. The van der Waals surface area contributed by atoms with Gasteiger partial charge in [0.25, 0.3) is 5.56 Å². The summed E-state index contributed by atoms with van der Waals surface area (Å²) < 4.78 is 0.916. The average Bonchev–Trinajstić information content (AvgIpc) is 2.87. The number of rotatable bonds is 3. The molecule has 3 rings (SSSR count). The fraction of sp³-hybridized carbons (Fsp3) is 0. The van der Waals surface area contributed by atoms with Gasteiger partial charge >= 0.3 is 0 Å². The lowest BCUT2D eigenvalue weighted by Crippen LogP contribution is -1.96. The second kappa shape index (κ2) is 5.84. The maximum absolute atomic E-state index is 11.9. The summed E-state index contributed by atoms with van der Waals surface area (Å²) in [6, 6.07) is 11.0. The number of aromatic amines is 2. The molecule has 0 aliphatic rings. The highest BCUT2D eigenvalue weighted by Gasteiger charge is 2.11. The summed E-state index contributed by atoms with van der Waals surface area (Å²) in [6.45, 7) is 0. The van der Waals surface area contributed by atoms with Crippen molar-refractivity contribution in [3.8, 4) is 11.3 Å². The minimum absolute atomic E-state index is 0.241. The Morgan fingerprint density at radius 3 is 2.62 bits per heavy atom. The van der Waals surface area contributed by atoms with Crippen LogP contribution in [-0.2, 0) is 0 Å². The first-order valence-electron chi connectivity index (χ1n) is 6.12. The first kappa shape index (κ1) is 13.4. The number of benzene rings is 1. The van der Waals surface area contributed by atoms with Crippen molar-refractivity contribution in [3.05, 3.63) is 63.6 Å². The first-order valence-corrected chi connectivity index (χ1v) is 6.92. The average molecular weight is 344 g/mol. The van der Waals surface area contributed by atoms with Gasteiger partial charge in [0.05, 0.1) is 11.4 Å². The first-order chi connectivity index (χ1) is 10.2. The standard InChI is InChI=1S/C14H10BrN5O/c15-10-3-1-2-9(8-10)12-13(14(21)20-18-12)19-17-11-4-6-16-7-5-11/h1-8H,(H2,18,20,21). The van der Waals surface area contributed by atoms with Crippen molar-refractivity contribution in [2.45, 2.75) is 0 Å². The van der Waals surface area contributed by atoms with E-state index in [1.165, 1.54) is 0 Å². The van der Waals surface area contributed by atoms with Crippen LogP contribution in [0, 0.1) is 0 Å². The van der Waals surface area contributed by atoms with Gasteiger partial charge in [0, 0.05) is 22.4 Å². The van der Waals surface area contributed by atoms with E-state index < -0.39 is 0 Å². The van der Waals surface area contributed by atoms with Gasteiger partial charge in [-0.15, -0.1) is 5.11 Å². The summed E-state index contributed by atoms with van der Waals surface area (Å²) in [7, 11) is 0. The van der Waals surface area contributed by atoms with Crippen LogP contribution in [0.25, 0.3) is 11.3 Å². The molecule has 0 spiro atoms. The molecule has 104 valence electrons. The molecule has 0 bridgehead atoms. The van der Waals surface area contributed by atoms with Gasteiger partial charge in [-0.1, -0.05) is 28.1 Å². The monoisotopic (exact) mass is 343 g/mol. The summed E-state index contributed by atoms with van der Waals surface area (Å²) in [5, 5.41) is 13.5. The van der Waals surface area contributed by atoms with E-state index in [1.807, 2.05) is 24.3 Å². The summed E-state index contributed by atoms with van der Waals surface area (Å²) >= 11 is 3.40. The second-order valence-corrected chi connectivity index (χ2v) is 5.13. The van der Waals surface area contributed by atoms with Crippen LogP contribution in [0.2, 0.25) is 0 Å². The zero-order valence-electron chi connectivity index (χ0n) is 10.7. The lowest BCUT2D eigenvalue weighted by atomic mass is 10.1. The third-order valence-electron chi connectivity index (χ3n) is 2.79. The van der Waals surface area contributed by atoms with Crippen LogP contribution in [0.5, 0.6) is 0 Å². The van der Waals surface area contributed by atoms with Gasteiger partial charge in [-0.05, 0) is 24.3 Å². The quantitative estimate of drug-likeness (QED) is 0.705. The number of hydrogen-bond donors (Lipinski definition) is 2. The highest BCUT2D eigenvalue weighted by molar-refractivity contribution is 9.10. The third kappa shape index (κ3) is 2.97. The van der Waals surface area contributed by atoms with Gasteiger partial charge in [0.15, 0.2) is 5.69 Å². The molecule has 0 amide bonds. The Kier molecular flexibility index (Phi) is 3.74. The molecule has 0 aliphatic carbocycles. The van der Waals surface area contributed by atoms with Crippen LogP contribution in [0.15, 0.2) is 68.3 Å². The van der Waals surface area contributed by atoms with E-state index in [-0.39, 0.29) is 11.2 Å². The molecule has 2 aromatic heterocycles. The fourth-order valence-corrected chi connectivity index (χ4v) is 2.22. The number of halogens is 1. The minimum atomic E-state index is -0.317. The predicted octanol–water partition coefficient (Wildman–Crippen LogP) is 3.94. The highest BCUT2D eigenvalue weighted by Crippen LogP contribution is 2.28. The largest absolute Gasteiger partial charge is 0.295 e. The van der Waals surface area contributed by atoms with Crippen molar-refractivity contribution < 1.29 is 0 Å². The van der Waals surface area contributed by atoms with Crippen LogP contribution in [0.4, 0.5) is 11.4 Å². The molecule has 0 fully saturated rings. The molecule has 3 aromatic rings. The van der Waals surface area contributed by atoms with E-state index in [0.717, 1.165) is 10.0 Å². The van der Waals surface area contributed by atoms with Gasteiger partial charge in [0.1, 0.15) is 0 Å². The molecule has 1 aromatic carbocycles. The van der Waals surface area contributed by atoms with Crippen molar-refractivity contribution >= 4 is 27.3 Å². The SMILES string of the molecule is O=c1[nH][nH]c(-c2cccc(Br)c2)c1N=Nc1ccncc1. The van der Waals surface area contributed by atoms with E-state index in [1.54, 1.807) is 24.5 Å². The second-order valence-electron chi connectivity index (χ2n) is 4.22. The third-order valence-corrected chi connectivity index (χ3v) is 3.29. The Balaban J connectivity index is 2.02. The van der Waals surface area contributed by atoms with Gasteiger partial charge in [0.2, 0.25) is 0 Å². The van der Waals surface area contributed by atoms with E-state index in [4.69, 9.17) is 0 Å². The molecule has 2 heterocycles. The number of nitrogens with one attached hydrogen (secondary N) is 2. The predicted molar refractivity (Wildman–Crippen MR) is 83.0 cm³/mol. The van der Waals surface area contributed by atoms with Crippen LogP contribution in [0.3, 0.4) is 0 Å². The van der Waals surface area contributed by atoms with Crippen LogP contribution in [-0.4, -0.2) is 15.2 Å². The van der Waals surface area contributed by atoms with E-state index >= 15 is 0 Å². The lowest BCUT2D eigenvalue weighted by Gasteiger charge is -1.99. The Morgan fingerprint density at radius 1 is 1.05 bits per heavy atom. The molecular weight excluding hydrogens is 334 g/mol. The number of pyridine rings is 1. The number of H-pyrrole nitrogens is 2. The van der Waals surface area contributed by atoms with Crippen molar-refractivity contribution in [1.82, 2.24) is 15.2 Å². The Labute approximate surface area is 128 Å². The Hall–Kier alpha value is -2.54. The van der Waals surface area contributed by atoms with Crippen molar-refractivity contribution in [2.24, 2.45) is 10.2 Å². The van der Waals surface area contributed by atoms with Gasteiger partial charge in [-0.25, -0.2) is 0 Å². The van der Waals surface area contributed by atoms with E-state index in [2.05, 4.69) is 41.3 Å².